The van der Waals surface area contributed by atoms with Crippen LogP contribution in [-0.2, 0) is 14.3 Å². The number of carbonyl (C=O) groups excluding carboxylic acids is 2. The van der Waals surface area contributed by atoms with Gasteiger partial charge in [0.2, 0.25) is 5.91 Å². The van der Waals surface area contributed by atoms with E-state index in [1.165, 1.54) is 7.11 Å². The highest BCUT2D eigenvalue weighted by Gasteiger charge is 2.23. The molecular weight excluding hydrogens is 232 g/mol. The van der Waals surface area contributed by atoms with Gasteiger partial charge in [-0.25, -0.2) is 4.79 Å². The first kappa shape index (κ1) is 14.7. The molecule has 1 amide bonds. The van der Waals surface area contributed by atoms with Crippen molar-refractivity contribution in [2.75, 3.05) is 33.8 Å². The van der Waals surface area contributed by atoms with Crippen molar-refractivity contribution in [2.45, 2.75) is 19.8 Å². The molecule has 0 unspecified atom stereocenters. The van der Waals surface area contributed by atoms with Gasteiger partial charge in [-0.2, -0.15) is 0 Å². The number of carbonyl (C=O) groups is 2. The molecule has 1 heterocycles. The molecule has 5 heteroatoms. The summed E-state index contributed by atoms with van der Waals surface area (Å²) in [6.45, 7) is 4.27. The van der Waals surface area contributed by atoms with E-state index in [0.717, 1.165) is 32.5 Å². The Hall–Kier alpha value is -1.36. The van der Waals surface area contributed by atoms with Gasteiger partial charge in [0, 0.05) is 25.1 Å². The molecule has 0 aromatic heterocycles. The third kappa shape index (κ3) is 4.14. The second-order valence-corrected chi connectivity index (χ2v) is 4.57. The van der Waals surface area contributed by atoms with Crippen LogP contribution in [0.3, 0.4) is 0 Å². The fourth-order valence-corrected chi connectivity index (χ4v) is 2.09. The summed E-state index contributed by atoms with van der Waals surface area (Å²) >= 11 is 0. The molecule has 1 rings (SSSR count). The molecule has 0 radical (unpaired) electrons. The average Bonchev–Trinajstić information content (AvgIpc) is 2.43. The maximum atomic E-state index is 11.5. The summed E-state index contributed by atoms with van der Waals surface area (Å²) in [4.78, 5) is 24.9. The van der Waals surface area contributed by atoms with E-state index >= 15 is 0 Å². The highest BCUT2D eigenvalue weighted by molar-refractivity contribution is 5.87. The number of amides is 1. The molecule has 1 N–H and O–H groups in total. The van der Waals surface area contributed by atoms with Gasteiger partial charge in [-0.15, -0.1) is 0 Å². The maximum absolute atomic E-state index is 11.5. The van der Waals surface area contributed by atoms with E-state index in [1.54, 1.807) is 14.0 Å². The Morgan fingerprint density at radius 3 is 2.50 bits per heavy atom. The van der Waals surface area contributed by atoms with Gasteiger partial charge in [-0.05, 0) is 32.9 Å². The van der Waals surface area contributed by atoms with Crippen LogP contribution in [-0.4, -0.2) is 50.6 Å². The topological polar surface area (TPSA) is 58.6 Å². The number of rotatable bonds is 4. The number of hydrogen-bond donors (Lipinski definition) is 1. The Balaban J connectivity index is 2.36. The molecule has 5 nitrogen and oxygen atoms in total. The quantitative estimate of drug-likeness (QED) is 0.588. The Morgan fingerprint density at radius 1 is 1.39 bits per heavy atom. The Kier molecular flexibility index (Phi) is 5.85. The van der Waals surface area contributed by atoms with Crippen LogP contribution in [0.4, 0.5) is 0 Å². The van der Waals surface area contributed by atoms with Crippen molar-refractivity contribution in [2.24, 2.45) is 5.92 Å². The van der Waals surface area contributed by atoms with E-state index in [2.05, 4.69) is 15.0 Å². The normalized spacial score (nSPS) is 18.5. The summed E-state index contributed by atoms with van der Waals surface area (Å²) in [6.07, 6.45) is 3.64. The van der Waals surface area contributed by atoms with Crippen LogP contribution < -0.4 is 5.32 Å². The van der Waals surface area contributed by atoms with E-state index < -0.39 is 0 Å². The van der Waals surface area contributed by atoms with Crippen molar-refractivity contribution in [1.82, 2.24) is 10.2 Å². The van der Waals surface area contributed by atoms with E-state index in [0.29, 0.717) is 5.57 Å². The van der Waals surface area contributed by atoms with Crippen LogP contribution in [0.1, 0.15) is 19.8 Å². The summed E-state index contributed by atoms with van der Waals surface area (Å²) in [5, 5.41) is 2.69. The number of ether oxygens (including phenoxy) is 1. The molecule has 0 saturated carbocycles. The Morgan fingerprint density at radius 2 is 2.00 bits per heavy atom. The Bertz CT molecular complexity index is 331. The molecule has 1 aliphatic rings. The van der Waals surface area contributed by atoms with E-state index in [1.807, 2.05) is 6.08 Å². The lowest BCUT2D eigenvalue weighted by Crippen LogP contribution is -2.39. The second-order valence-electron chi connectivity index (χ2n) is 4.57. The predicted octanol–water partition coefficient (Wildman–Crippen LogP) is 0.564. The van der Waals surface area contributed by atoms with Crippen molar-refractivity contribution >= 4 is 11.9 Å². The van der Waals surface area contributed by atoms with Gasteiger partial charge in [0.05, 0.1) is 7.11 Å². The number of methoxy groups -OCH3 is 1. The van der Waals surface area contributed by atoms with Gasteiger partial charge >= 0.3 is 5.97 Å². The van der Waals surface area contributed by atoms with Gasteiger partial charge in [0.25, 0.3) is 0 Å². The fourth-order valence-electron chi connectivity index (χ4n) is 2.09. The second kappa shape index (κ2) is 7.16. The van der Waals surface area contributed by atoms with Gasteiger partial charge in [0.15, 0.2) is 0 Å². The fraction of sp³-hybridized carbons (Fsp3) is 0.692. The molecule has 0 bridgehead atoms. The number of likely N-dealkylation sites (tertiary alicyclic amines) is 1. The third-order valence-electron chi connectivity index (χ3n) is 3.37. The number of esters is 1. The molecule has 0 atom stereocenters. The lowest BCUT2D eigenvalue weighted by molar-refractivity contribution is -0.136. The largest absolute Gasteiger partial charge is 0.466 e. The number of piperidine rings is 1. The summed E-state index contributed by atoms with van der Waals surface area (Å²) in [7, 11) is 3.06. The van der Waals surface area contributed by atoms with Gasteiger partial charge in [0.1, 0.15) is 0 Å². The summed E-state index contributed by atoms with van der Waals surface area (Å²) in [5.41, 5.74) is 0.630. The van der Waals surface area contributed by atoms with Gasteiger partial charge < -0.3 is 10.1 Å². The maximum Gasteiger partial charge on any atom is 0.333 e. The minimum Gasteiger partial charge on any atom is -0.466 e. The number of nitrogens with one attached hydrogen (secondary N) is 1. The number of nitrogens with zero attached hydrogens (tertiary/aromatic N) is 1. The van der Waals surface area contributed by atoms with Crippen molar-refractivity contribution < 1.29 is 14.3 Å². The molecule has 1 saturated heterocycles. The SMILES string of the molecule is CNC(=O)C1CCN(CC=C(C)C(=O)OC)CC1. The molecule has 18 heavy (non-hydrogen) atoms. The van der Waals surface area contributed by atoms with Crippen LogP contribution in [0.2, 0.25) is 0 Å². The molecular formula is C13H22N2O3. The van der Waals surface area contributed by atoms with Gasteiger partial charge in [-0.3, -0.25) is 9.69 Å². The van der Waals surface area contributed by atoms with Crippen molar-refractivity contribution in [3.63, 3.8) is 0 Å². The molecule has 102 valence electrons. The number of hydrogen-bond acceptors (Lipinski definition) is 4. The highest BCUT2D eigenvalue weighted by atomic mass is 16.5. The Labute approximate surface area is 108 Å². The van der Waals surface area contributed by atoms with Crippen molar-refractivity contribution in [1.29, 1.82) is 0 Å². The summed E-state index contributed by atoms with van der Waals surface area (Å²) < 4.78 is 4.64. The zero-order chi connectivity index (χ0) is 13.5. The third-order valence-corrected chi connectivity index (χ3v) is 3.37. The van der Waals surface area contributed by atoms with Crippen LogP contribution >= 0.6 is 0 Å². The summed E-state index contributed by atoms with van der Waals surface area (Å²) in [6, 6.07) is 0. The predicted molar refractivity (Wildman–Crippen MR) is 69.0 cm³/mol. The van der Waals surface area contributed by atoms with Gasteiger partial charge in [-0.1, -0.05) is 6.08 Å². The zero-order valence-electron chi connectivity index (χ0n) is 11.4. The standard InChI is InChI=1S/C13H22N2O3/c1-10(13(17)18-3)4-7-15-8-5-11(6-9-15)12(16)14-2/h4,11H,5-9H2,1-3H3,(H,14,16). The lowest BCUT2D eigenvalue weighted by Gasteiger charge is -2.30. The van der Waals surface area contributed by atoms with E-state index in [-0.39, 0.29) is 17.8 Å². The molecule has 1 aliphatic heterocycles. The average molecular weight is 254 g/mol. The summed E-state index contributed by atoms with van der Waals surface area (Å²) in [5.74, 6) is -0.0110. The van der Waals surface area contributed by atoms with Crippen molar-refractivity contribution in [3.8, 4) is 0 Å². The lowest BCUT2D eigenvalue weighted by atomic mass is 9.96. The van der Waals surface area contributed by atoms with Crippen LogP contribution in [0, 0.1) is 5.92 Å². The monoisotopic (exact) mass is 254 g/mol. The van der Waals surface area contributed by atoms with E-state index in [9.17, 15) is 9.59 Å². The molecule has 0 aromatic carbocycles. The first-order valence-corrected chi connectivity index (χ1v) is 6.27. The van der Waals surface area contributed by atoms with Crippen molar-refractivity contribution in [3.05, 3.63) is 11.6 Å². The highest BCUT2D eigenvalue weighted by Crippen LogP contribution is 2.17. The first-order chi connectivity index (χ1) is 8.58. The minimum atomic E-state index is -0.282. The molecule has 0 spiro atoms. The zero-order valence-corrected chi connectivity index (χ0v) is 11.4. The molecule has 1 fully saturated rings. The first-order valence-electron chi connectivity index (χ1n) is 6.27. The van der Waals surface area contributed by atoms with Crippen LogP contribution in [0.25, 0.3) is 0 Å². The van der Waals surface area contributed by atoms with Crippen LogP contribution in [0.5, 0.6) is 0 Å². The minimum absolute atomic E-state index is 0.135. The molecule has 0 aliphatic carbocycles. The molecule has 0 aromatic rings. The van der Waals surface area contributed by atoms with E-state index in [4.69, 9.17) is 0 Å². The smallest absolute Gasteiger partial charge is 0.333 e. The van der Waals surface area contributed by atoms with Crippen LogP contribution in [0.15, 0.2) is 11.6 Å².